The van der Waals surface area contributed by atoms with Crippen molar-refractivity contribution in [1.29, 1.82) is 0 Å². The van der Waals surface area contributed by atoms with Crippen molar-refractivity contribution in [1.82, 2.24) is 9.78 Å². The Bertz CT molecular complexity index is 441. The van der Waals surface area contributed by atoms with Gasteiger partial charge in [0, 0.05) is 0 Å². The van der Waals surface area contributed by atoms with E-state index in [1.165, 1.54) is 9.27 Å². The second kappa shape index (κ2) is 4.00. The number of rotatable bonds is 2. The van der Waals surface area contributed by atoms with Gasteiger partial charge in [-0.25, -0.2) is 0 Å². The van der Waals surface area contributed by atoms with Crippen molar-refractivity contribution in [3.05, 3.63) is 42.7 Å². The maximum atomic E-state index is 4.31. The van der Waals surface area contributed by atoms with Crippen LogP contribution >= 0.6 is 0 Å². The molecule has 0 aliphatic carbocycles. The predicted molar refractivity (Wildman–Crippen MR) is 66.5 cm³/mol. The number of hydrogen-bond donors (Lipinski definition) is 0. The third-order valence-electron chi connectivity index (χ3n) is 2.46. The van der Waals surface area contributed by atoms with Crippen molar-refractivity contribution in [2.45, 2.75) is 14.8 Å². The molecule has 15 heavy (non-hydrogen) atoms. The number of aromatic nitrogens is 2. The fraction of sp³-hybridized carbons (Fsp3) is 0.250. The zero-order chi connectivity index (χ0) is 10.9. The van der Waals surface area contributed by atoms with Crippen molar-refractivity contribution in [2.75, 3.05) is 0 Å². The van der Waals surface area contributed by atoms with Gasteiger partial charge in [-0.15, -0.1) is 0 Å². The molecule has 0 spiro atoms. The van der Waals surface area contributed by atoms with E-state index in [0.29, 0.717) is 0 Å². The first-order chi connectivity index (χ1) is 7.09. The molecule has 0 saturated heterocycles. The molecule has 0 fully saturated rings. The Hall–Kier alpha value is -0.771. The molecular formula is C12H16N2Sn. The van der Waals surface area contributed by atoms with Crippen LogP contribution in [0, 0.1) is 0 Å². The fourth-order valence-electron chi connectivity index (χ4n) is 1.72. The van der Waals surface area contributed by atoms with E-state index in [4.69, 9.17) is 0 Å². The number of hydrogen-bond acceptors (Lipinski definition) is 1. The molecule has 2 nitrogen and oxygen atoms in total. The summed E-state index contributed by atoms with van der Waals surface area (Å²) < 4.78 is 3.49. The van der Waals surface area contributed by atoms with E-state index in [0.717, 1.165) is 0 Å². The summed E-state index contributed by atoms with van der Waals surface area (Å²) in [5.74, 6) is 0. The molecule has 0 N–H and O–H groups in total. The van der Waals surface area contributed by atoms with Crippen LogP contribution in [-0.2, 0) is 0 Å². The third-order valence-corrected chi connectivity index (χ3v) is 8.28. The molecule has 0 unspecified atom stereocenters. The molecule has 0 bridgehead atoms. The van der Waals surface area contributed by atoms with Gasteiger partial charge in [-0.05, 0) is 0 Å². The van der Waals surface area contributed by atoms with E-state index in [-0.39, 0.29) is 0 Å². The van der Waals surface area contributed by atoms with Crippen LogP contribution in [0.2, 0.25) is 14.8 Å². The van der Waals surface area contributed by atoms with Gasteiger partial charge in [-0.1, -0.05) is 0 Å². The quantitative estimate of drug-likeness (QED) is 0.779. The second-order valence-electron chi connectivity index (χ2n) is 4.72. The van der Waals surface area contributed by atoms with E-state index in [9.17, 15) is 0 Å². The number of nitrogens with zero attached hydrogens (tertiary/aromatic N) is 2. The average molecular weight is 307 g/mol. The van der Waals surface area contributed by atoms with Gasteiger partial charge in [0.1, 0.15) is 0 Å². The van der Waals surface area contributed by atoms with Crippen molar-refractivity contribution in [3.8, 4) is 5.69 Å². The Morgan fingerprint density at radius 3 is 2.40 bits per heavy atom. The van der Waals surface area contributed by atoms with Gasteiger partial charge in [0.05, 0.1) is 0 Å². The fourth-order valence-corrected chi connectivity index (χ4v) is 6.18. The molecule has 1 aromatic heterocycles. The van der Waals surface area contributed by atoms with Crippen LogP contribution in [0.25, 0.3) is 5.69 Å². The molecule has 0 amide bonds. The molecule has 0 aliphatic rings. The Balaban J connectivity index is 2.58. The van der Waals surface area contributed by atoms with Crippen LogP contribution in [0.15, 0.2) is 42.7 Å². The molecule has 0 saturated carbocycles. The van der Waals surface area contributed by atoms with Gasteiger partial charge in [0.25, 0.3) is 0 Å². The first-order valence-electron chi connectivity index (χ1n) is 5.18. The van der Waals surface area contributed by atoms with E-state index in [1.807, 2.05) is 23.1 Å². The van der Waals surface area contributed by atoms with Crippen molar-refractivity contribution < 1.29 is 0 Å². The number of para-hydroxylation sites is 1. The first kappa shape index (κ1) is 10.7. The minimum absolute atomic E-state index is 1.26. The van der Waals surface area contributed by atoms with Crippen LogP contribution in [-0.4, -0.2) is 28.2 Å². The van der Waals surface area contributed by atoms with E-state index < -0.39 is 18.4 Å². The summed E-state index contributed by atoms with van der Waals surface area (Å²) in [5, 5.41) is 4.31. The van der Waals surface area contributed by atoms with Gasteiger partial charge in [-0.2, -0.15) is 0 Å². The predicted octanol–water partition coefficient (Wildman–Crippen LogP) is 2.42. The molecule has 1 aromatic carbocycles. The topological polar surface area (TPSA) is 17.8 Å². The summed E-state index contributed by atoms with van der Waals surface area (Å²) >= 11 is -2.03. The Labute approximate surface area is 94.8 Å². The Kier molecular flexibility index (Phi) is 2.87. The van der Waals surface area contributed by atoms with Gasteiger partial charge in [-0.3, -0.25) is 0 Å². The van der Waals surface area contributed by atoms with Crippen LogP contribution in [0.3, 0.4) is 0 Å². The summed E-state index contributed by atoms with van der Waals surface area (Å²) in [6.45, 7) is 0. The Morgan fingerprint density at radius 2 is 1.80 bits per heavy atom. The average Bonchev–Trinajstić information content (AvgIpc) is 2.69. The molecule has 0 aliphatic heterocycles. The molecule has 0 atom stereocenters. The van der Waals surface area contributed by atoms with Gasteiger partial charge in [0.2, 0.25) is 0 Å². The van der Waals surface area contributed by atoms with Gasteiger partial charge >= 0.3 is 95.0 Å². The third kappa shape index (κ3) is 2.25. The van der Waals surface area contributed by atoms with Crippen LogP contribution < -0.4 is 3.58 Å². The normalized spacial score (nSPS) is 11.7. The SMILES string of the molecule is [CH3][Sn]([CH3])([CH3])[c]1ccccc1-n1cccn1. The molecular weight excluding hydrogens is 291 g/mol. The molecule has 2 rings (SSSR count). The van der Waals surface area contributed by atoms with Crippen LogP contribution in [0.1, 0.15) is 0 Å². The zero-order valence-corrected chi connectivity index (χ0v) is 12.3. The van der Waals surface area contributed by atoms with Crippen molar-refractivity contribution in [2.24, 2.45) is 0 Å². The van der Waals surface area contributed by atoms with E-state index in [2.05, 4.69) is 44.2 Å². The molecule has 2 aromatic rings. The van der Waals surface area contributed by atoms with Crippen molar-refractivity contribution >= 4 is 22.0 Å². The summed E-state index contributed by atoms with van der Waals surface area (Å²) in [6, 6.07) is 10.6. The van der Waals surface area contributed by atoms with Gasteiger partial charge < -0.3 is 0 Å². The number of benzene rings is 1. The van der Waals surface area contributed by atoms with E-state index in [1.54, 1.807) is 0 Å². The zero-order valence-electron chi connectivity index (χ0n) is 9.44. The monoisotopic (exact) mass is 308 g/mol. The summed E-state index contributed by atoms with van der Waals surface area (Å²) in [4.78, 5) is 7.28. The van der Waals surface area contributed by atoms with Crippen LogP contribution in [0.4, 0.5) is 0 Å². The molecule has 0 radical (unpaired) electrons. The standard InChI is InChI=1S/C9H7N2.3CH3.Sn/c1-2-5-9(6-3-1)11-8-4-7-10-11;;;;/h1-5,7-8H;3*1H3;. The molecule has 78 valence electrons. The summed E-state index contributed by atoms with van der Waals surface area (Å²) in [5.41, 5.74) is 1.26. The Morgan fingerprint density at radius 1 is 1.07 bits per heavy atom. The second-order valence-corrected chi connectivity index (χ2v) is 19.1. The minimum atomic E-state index is -2.03. The molecule has 1 heterocycles. The maximum absolute atomic E-state index is 4.31. The van der Waals surface area contributed by atoms with Crippen molar-refractivity contribution in [3.63, 3.8) is 0 Å². The van der Waals surface area contributed by atoms with Gasteiger partial charge in [0.15, 0.2) is 0 Å². The summed E-state index contributed by atoms with van der Waals surface area (Å²) in [6.07, 6.45) is 3.84. The first-order valence-corrected chi connectivity index (χ1v) is 15.2. The summed E-state index contributed by atoms with van der Waals surface area (Å²) in [7, 11) is 0. The van der Waals surface area contributed by atoms with Crippen LogP contribution in [0.5, 0.6) is 0 Å². The van der Waals surface area contributed by atoms with E-state index >= 15 is 0 Å². The molecule has 3 heteroatoms.